The molecule has 0 aliphatic carbocycles. The lowest BCUT2D eigenvalue weighted by Gasteiger charge is -2.09. The van der Waals surface area contributed by atoms with Crippen molar-refractivity contribution in [3.05, 3.63) is 54.3 Å². The number of hydrogen-bond acceptors (Lipinski definition) is 3. The van der Waals surface area contributed by atoms with Crippen LogP contribution in [0.2, 0.25) is 0 Å². The number of rotatable bonds is 5. The summed E-state index contributed by atoms with van der Waals surface area (Å²) in [5.41, 5.74) is 1.35. The molecule has 0 saturated heterocycles. The van der Waals surface area contributed by atoms with Crippen LogP contribution in [0.15, 0.2) is 48.5 Å². The number of para-hydroxylation sites is 1. The SMILES string of the molecule is COc1cc(NC(=O)CNc2ccccc2)ccc1F. The number of hydrogen-bond donors (Lipinski definition) is 2. The summed E-state index contributed by atoms with van der Waals surface area (Å²) >= 11 is 0. The Morgan fingerprint density at radius 1 is 1.15 bits per heavy atom. The minimum Gasteiger partial charge on any atom is -0.494 e. The average Bonchev–Trinajstić information content (AvgIpc) is 2.48. The van der Waals surface area contributed by atoms with Gasteiger partial charge in [-0.3, -0.25) is 4.79 Å². The first-order valence-corrected chi connectivity index (χ1v) is 6.11. The second-order valence-electron chi connectivity index (χ2n) is 4.12. The first-order valence-electron chi connectivity index (χ1n) is 6.11. The van der Waals surface area contributed by atoms with Crippen LogP contribution >= 0.6 is 0 Å². The lowest BCUT2D eigenvalue weighted by molar-refractivity contribution is -0.114. The minimum atomic E-state index is -0.465. The maximum Gasteiger partial charge on any atom is 0.243 e. The molecule has 0 atom stereocenters. The van der Waals surface area contributed by atoms with Gasteiger partial charge in [0.1, 0.15) is 0 Å². The van der Waals surface area contributed by atoms with Crippen molar-refractivity contribution < 1.29 is 13.9 Å². The Morgan fingerprint density at radius 3 is 2.60 bits per heavy atom. The highest BCUT2D eigenvalue weighted by Crippen LogP contribution is 2.21. The molecule has 0 spiro atoms. The molecule has 1 amide bonds. The highest BCUT2D eigenvalue weighted by atomic mass is 19.1. The van der Waals surface area contributed by atoms with E-state index in [2.05, 4.69) is 10.6 Å². The normalized spacial score (nSPS) is 9.90. The number of benzene rings is 2. The summed E-state index contributed by atoms with van der Waals surface area (Å²) in [6.07, 6.45) is 0. The van der Waals surface area contributed by atoms with E-state index in [1.807, 2.05) is 30.3 Å². The van der Waals surface area contributed by atoms with Crippen molar-refractivity contribution in [1.29, 1.82) is 0 Å². The van der Waals surface area contributed by atoms with Gasteiger partial charge in [0.2, 0.25) is 5.91 Å². The summed E-state index contributed by atoms with van der Waals surface area (Å²) in [6.45, 7) is 0.129. The number of amides is 1. The van der Waals surface area contributed by atoms with Crippen LogP contribution in [0.4, 0.5) is 15.8 Å². The predicted molar refractivity (Wildman–Crippen MR) is 76.5 cm³/mol. The summed E-state index contributed by atoms with van der Waals surface area (Å²) in [5.74, 6) is -0.589. The Bertz CT molecular complexity index is 588. The van der Waals surface area contributed by atoms with Gasteiger partial charge in [0.15, 0.2) is 11.6 Å². The second-order valence-corrected chi connectivity index (χ2v) is 4.12. The molecule has 0 radical (unpaired) electrons. The van der Waals surface area contributed by atoms with E-state index in [-0.39, 0.29) is 18.2 Å². The molecule has 20 heavy (non-hydrogen) atoms. The number of halogens is 1. The summed E-state index contributed by atoms with van der Waals surface area (Å²) < 4.78 is 18.1. The molecule has 0 bridgehead atoms. The third kappa shape index (κ3) is 3.71. The lowest BCUT2D eigenvalue weighted by atomic mass is 10.3. The molecule has 0 fully saturated rings. The van der Waals surface area contributed by atoms with Crippen molar-refractivity contribution in [3.8, 4) is 5.75 Å². The molecule has 0 saturated carbocycles. The van der Waals surface area contributed by atoms with Crippen LogP contribution in [0.1, 0.15) is 0 Å². The first-order chi connectivity index (χ1) is 9.69. The van der Waals surface area contributed by atoms with Gasteiger partial charge in [-0.05, 0) is 24.3 Å². The van der Waals surface area contributed by atoms with Crippen molar-refractivity contribution in [2.45, 2.75) is 0 Å². The topological polar surface area (TPSA) is 50.4 Å². The molecule has 0 aliphatic heterocycles. The predicted octanol–water partition coefficient (Wildman–Crippen LogP) is 2.88. The van der Waals surface area contributed by atoms with Crippen molar-refractivity contribution in [3.63, 3.8) is 0 Å². The molecule has 104 valence electrons. The lowest BCUT2D eigenvalue weighted by Crippen LogP contribution is -2.21. The van der Waals surface area contributed by atoms with Gasteiger partial charge >= 0.3 is 0 Å². The number of anilines is 2. The summed E-state index contributed by atoms with van der Waals surface area (Å²) in [7, 11) is 1.38. The molecule has 0 aromatic heterocycles. The van der Waals surface area contributed by atoms with Crippen LogP contribution in [-0.2, 0) is 4.79 Å². The van der Waals surface area contributed by atoms with Gasteiger partial charge in [-0.15, -0.1) is 0 Å². The molecule has 2 N–H and O–H groups in total. The van der Waals surface area contributed by atoms with E-state index in [1.54, 1.807) is 0 Å². The molecular formula is C15H15FN2O2. The smallest absolute Gasteiger partial charge is 0.243 e. The molecule has 2 aromatic rings. The van der Waals surface area contributed by atoms with Gasteiger partial charge in [0, 0.05) is 17.4 Å². The van der Waals surface area contributed by atoms with E-state index in [0.29, 0.717) is 5.69 Å². The fourth-order valence-electron chi connectivity index (χ4n) is 1.68. The van der Waals surface area contributed by atoms with E-state index in [0.717, 1.165) is 5.69 Å². The zero-order chi connectivity index (χ0) is 14.4. The largest absolute Gasteiger partial charge is 0.494 e. The molecule has 2 rings (SSSR count). The molecule has 0 heterocycles. The van der Waals surface area contributed by atoms with E-state index in [1.165, 1.54) is 25.3 Å². The molecular weight excluding hydrogens is 259 g/mol. The highest BCUT2D eigenvalue weighted by Gasteiger charge is 2.06. The van der Waals surface area contributed by atoms with E-state index < -0.39 is 5.82 Å². The minimum absolute atomic E-state index is 0.0961. The Balaban J connectivity index is 1.91. The van der Waals surface area contributed by atoms with Gasteiger partial charge in [-0.2, -0.15) is 0 Å². The van der Waals surface area contributed by atoms with Gasteiger partial charge in [0.25, 0.3) is 0 Å². The number of carbonyl (C=O) groups is 1. The Morgan fingerprint density at radius 2 is 1.90 bits per heavy atom. The number of ether oxygens (including phenoxy) is 1. The molecule has 4 nitrogen and oxygen atoms in total. The number of methoxy groups -OCH3 is 1. The van der Waals surface area contributed by atoms with E-state index in [9.17, 15) is 9.18 Å². The maximum atomic E-state index is 13.2. The summed E-state index contributed by atoms with van der Waals surface area (Å²) in [6, 6.07) is 13.6. The second kappa shape index (κ2) is 6.56. The molecule has 2 aromatic carbocycles. The van der Waals surface area contributed by atoms with Crippen LogP contribution in [0.3, 0.4) is 0 Å². The molecule has 0 unspecified atom stereocenters. The quantitative estimate of drug-likeness (QED) is 0.881. The zero-order valence-electron chi connectivity index (χ0n) is 11.0. The van der Waals surface area contributed by atoms with E-state index >= 15 is 0 Å². The molecule has 0 aliphatic rings. The Hall–Kier alpha value is -2.56. The van der Waals surface area contributed by atoms with E-state index in [4.69, 9.17) is 4.74 Å². The fraction of sp³-hybridized carbons (Fsp3) is 0.133. The van der Waals surface area contributed by atoms with Crippen LogP contribution < -0.4 is 15.4 Å². The highest BCUT2D eigenvalue weighted by molar-refractivity contribution is 5.93. The number of carbonyl (C=O) groups excluding carboxylic acids is 1. The Labute approximate surface area is 116 Å². The van der Waals surface area contributed by atoms with Gasteiger partial charge < -0.3 is 15.4 Å². The van der Waals surface area contributed by atoms with Crippen molar-refractivity contribution in [2.24, 2.45) is 0 Å². The van der Waals surface area contributed by atoms with Crippen LogP contribution in [-0.4, -0.2) is 19.6 Å². The van der Waals surface area contributed by atoms with Gasteiger partial charge in [-0.1, -0.05) is 18.2 Å². The number of nitrogens with one attached hydrogen (secondary N) is 2. The first kappa shape index (κ1) is 13.9. The zero-order valence-corrected chi connectivity index (χ0v) is 11.0. The monoisotopic (exact) mass is 274 g/mol. The van der Waals surface area contributed by atoms with Crippen LogP contribution in [0.5, 0.6) is 5.75 Å². The molecule has 5 heteroatoms. The van der Waals surface area contributed by atoms with Gasteiger partial charge in [0.05, 0.1) is 13.7 Å². The Kier molecular flexibility index (Phi) is 4.55. The van der Waals surface area contributed by atoms with Crippen molar-refractivity contribution in [1.82, 2.24) is 0 Å². The average molecular weight is 274 g/mol. The summed E-state index contributed by atoms with van der Waals surface area (Å²) in [4.78, 5) is 11.8. The third-order valence-corrected chi connectivity index (χ3v) is 2.66. The van der Waals surface area contributed by atoms with Crippen LogP contribution in [0, 0.1) is 5.82 Å². The fourth-order valence-corrected chi connectivity index (χ4v) is 1.68. The maximum absolute atomic E-state index is 13.2. The summed E-state index contributed by atoms with van der Waals surface area (Å²) in [5, 5.41) is 5.65. The van der Waals surface area contributed by atoms with Crippen LogP contribution in [0.25, 0.3) is 0 Å². The van der Waals surface area contributed by atoms with Crippen molar-refractivity contribution in [2.75, 3.05) is 24.3 Å². The van der Waals surface area contributed by atoms with Crippen molar-refractivity contribution >= 4 is 17.3 Å². The standard InChI is InChI=1S/C15H15FN2O2/c1-20-14-9-12(7-8-13(14)16)18-15(19)10-17-11-5-3-2-4-6-11/h2-9,17H,10H2,1H3,(H,18,19). The van der Waals surface area contributed by atoms with Gasteiger partial charge in [-0.25, -0.2) is 4.39 Å². The third-order valence-electron chi connectivity index (χ3n) is 2.66.